The summed E-state index contributed by atoms with van der Waals surface area (Å²) in [6, 6.07) is 7.23. The zero-order valence-electron chi connectivity index (χ0n) is 13.0. The van der Waals surface area contributed by atoms with Gasteiger partial charge in [0.2, 0.25) is 5.91 Å². The van der Waals surface area contributed by atoms with Crippen molar-refractivity contribution < 1.29 is 14.7 Å². The minimum Gasteiger partial charge on any atom is -0.481 e. The smallest absolute Gasteiger partial charge is 0.308 e. The summed E-state index contributed by atoms with van der Waals surface area (Å²) in [5.74, 6) is -1.05. The quantitative estimate of drug-likeness (QED) is 0.903. The Morgan fingerprint density at radius 3 is 2.45 bits per heavy atom. The fraction of sp³-hybridized carbons (Fsp3) is 0.529. The molecule has 0 spiro atoms. The molecule has 1 aliphatic heterocycles. The maximum atomic E-state index is 12.3. The van der Waals surface area contributed by atoms with E-state index >= 15 is 0 Å². The first kappa shape index (κ1) is 16.8. The van der Waals surface area contributed by atoms with Gasteiger partial charge in [-0.05, 0) is 30.0 Å². The predicted molar refractivity (Wildman–Crippen MR) is 86.0 cm³/mol. The van der Waals surface area contributed by atoms with Crippen LogP contribution in [0.2, 0.25) is 5.02 Å². The molecule has 1 N–H and O–H groups in total. The van der Waals surface area contributed by atoms with Crippen molar-refractivity contribution in [2.45, 2.75) is 32.6 Å². The van der Waals surface area contributed by atoms with Crippen LogP contribution in [0.3, 0.4) is 0 Å². The summed E-state index contributed by atoms with van der Waals surface area (Å²) in [6.45, 7) is 4.91. The third-order valence-corrected chi connectivity index (χ3v) is 4.48. The number of carbonyl (C=O) groups excluding carboxylic acids is 1. The van der Waals surface area contributed by atoms with Crippen LogP contribution in [0.25, 0.3) is 0 Å². The molecule has 1 aromatic carbocycles. The van der Waals surface area contributed by atoms with Crippen LogP contribution in [0.1, 0.15) is 38.2 Å². The number of carboxylic acids is 1. The average Bonchev–Trinajstić information content (AvgIpc) is 2.91. The van der Waals surface area contributed by atoms with Crippen molar-refractivity contribution in [3.05, 3.63) is 34.9 Å². The van der Waals surface area contributed by atoms with E-state index in [0.717, 1.165) is 12.0 Å². The molecule has 1 aromatic rings. The van der Waals surface area contributed by atoms with E-state index in [0.29, 0.717) is 30.5 Å². The first-order valence-corrected chi connectivity index (χ1v) is 8.02. The van der Waals surface area contributed by atoms with Crippen molar-refractivity contribution in [2.75, 3.05) is 13.1 Å². The summed E-state index contributed by atoms with van der Waals surface area (Å²) in [7, 11) is 0. The molecule has 0 bridgehead atoms. The number of rotatable bonds is 5. The zero-order valence-corrected chi connectivity index (χ0v) is 13.7. The average molecular weight is 324 g/mol. The second-order valence-electron chi connectivity index (χ2n) is 6.33. The summed E-state index contributed by atoms with van der Waals surface area (Å²) in [5, 5.41) is 10.1. The minimum absolute atomic E-state index is 0.0522. The van der Waals surface area contributed by atoms with Crippen LogP contribution < -0.4 is 0 Å². The molecule has 0 radical (unpaired) electrons. The molecular weight excluding hydrogens is 302 g/mol. The summed E-state index contributed by atoms with van der Waals surface area (Å²) < 4.78 is 0. The van der Waals surface area contributed by atoms with Gasteiger partial charge in [-0.25, -0.2) is 0 Å². The highest BCUT2D eigenvalue weighted by molar-refractivity contribution is 6.30. The van der Waals surface area contributed by atoms with E-state index in [9.17, 15) is 14.7 Å². The SMILES string of the molecule is CC(C)CCC(=O)N1C[C@@H](C(=O)O)[C@H](c2ccc(Cl)cc2)C1. The maximum absolute atomic E-state index is 12.3. The molecule has 2 rings (SSSR count). The van der Waals surface area contributed by atoms with Crippen molar-refractivity contribution in [3.63, 3.8) is 0 Å². The second-order valence-corrected chi connectivity index (χ2v) is 6.77. The normalized spacial score (nSPS) is 21.4. The van der Waals surface area contributed by atoms with Gasteiger partial charge in [0.25, 0.3) is 0 Å². The van der Waals surface area contributed by atoms with Crippen LogP contribution in [0.4, 0.5) is 0 Å². The highest BCUT2D eigenvalue weighted by Gasteiger charge is 2.40. The van der Waals surface area contributed by atoms with Gasteiger partial charge in [-0.1, -0.05) is 37.6 Å². The number of carbonyl (C=O) groups is 2. The zero-order chi connectivity index (χ0) is 16.3. The van der Waals surface area contributed by atoms with E-state index in [4.69, 9.17) is 11.6 Å². The van der Waals surface area contributed by atoms with E-state index in [1.165, 1.54) is 0 Å². The van der Waals surface area contributed by atoms with Crippen molar-refractivity contribution in [1.29, 1.82) is 0 Å². The first-order chi connectivity index (χ1) is 10.4. The van der Waals surface area contributed by atoms with Crippen molar-refractivity contribution in [1.82, 2.24) is 4.90 Å². The molecule has 1 aliphatic rings. The lowest BCUT2D eigenvalue weighted by atomic mass is 9.89. The first-order valence-electron chi connectivity index (χ1n) is 7.64. The number of carboxylic acid groups (broad SMARTS) is 1. The molecule has 4 nitrogen and oxygen atoms in total. The number of benzene rings is 1. The van der Waals surface area contributed by atoms with Gasteiger partial charge < -0.3 is 10.0 Å². The monoisotopic (exact) mass is 323 g/mol. The number of likely N-dealkylation sites (tertiary alicyclic amines) is 1. The van der Waals surface area contributed by atoms with E-state index in [2.05, 4.69) is 13.8 Å². The van der Waals surface area contributed by atoms with Crippen molar-refractivity contribution >= 4 is 23.5 Å². The van der Waals surface area contributed by atoms with Gasteiger partial charge >= 0.3 is 5.97 Å². The standard InChI is InChI=1S/C17H22ClNO3/c1-11(2)3-8-16(20)19-9-14(15(10-19)17(21)22)12-4-6-13(18)7-5-12/h4-7,11,14-15H,3,8-10H2,1-2H3,(H,21,22)/t14-,15+/m0/s1. The number of amides is 1. The van der Waals surface area contributed by atoms with Crippen LogP contribution in [-0.2, 0) is 9.59 Å². The Morgan fingerprint density at radius 2 is 1.91 bits per heavy atom. The Bertz CT molecular complexity index is 541. The van der Waals surface area contributed by atoms with Crippen LogP contribution in [0, 0.1) is 11.8 Å². The number of hydrogen-bond donors (Lipinski definition) is 1. The topological polar surface area (TPSA) is 57.6 Å². The number of aliphatic carboxylic acids is 1. The molecule has 1 amide bonds. The lowest BCUT2D eigenvalue weighted by Crippen LogP contribution is -2.29. The molecule has 0 unspecified atom stereocenters. The summed E-state index contributed by atoms with van der Waals surface area (Å²) >= 11 is 5.89. The lowest BCUT2D eigenvalue weighted by Gasteiger charge is -2.17. The van der Waals surface area contributed by atoms with Gasteiger partial charge in [0.15, 0.2) is 0 Å². The third kappa shape index (κ3) is 4.01. The van der Waals surface area contributed by atoms with Crippen LogP contribution in [-0.4, -0.2) is 35.0 Å². The Kier molecular flexibility index (Phi) is 5.46. The molecule has 0 aromatic heterocycles. The van der Waals surface area contributed by atoms with Crippen LogP contribution in [0.15, 0.2) is 24.3 Å². The molecule has 5 heteroatoms. The van der Waals surface area contributed by atoms with E-state index in [-0.39, 0.29) is 11.8 Å². The van der Waals surface area contributed by atoms with E-state index < -0.39 is 11.9 Å². The largest absolute Gasteiger partial charge is 0.481 e. The van der Waals surface area contributed by atoms with Crippen LogP contribution in [0.5, 0.6) is 0 Å². The summed E-state index contributed by atoms with van der Waals surface area (Å²) in [6.07, 6.45) is 1.32. The second kappa shape index (κ2) is 7.14. The molecule has 120 valence electrons. The molecule has 22 heavy (non-hydrogen) atoms. The molecule has 0 aliphatic carbocycles. The lowest BCUT2D eigenvalue weighted by molar-refractivity contribution is -0.141. The Hall–Kier alpha value is -1.55. The number of hydrogen-bond acceptors (Lipinski definition) is 2. The fourth-order valence-corrected chi connectivity index (χ4v) is 3.00. The molecule has 2 atom stereocenters. The molecule has 1 fully saturated rings. The minimum atomic E-state index is -0.848. The maximum Gasteiger partial charge on any atom is 0.308 e. The Labute approximate surface area is 136 Å². The van der Waals surface area contributed by atoms with Gasteiger partial charge in [-0.2, -0.15) is 0 Å². The molecule has 1 heterocycles. The highest BCUT2D eigenvalue weighted by atomic mass is 35.5. The van der Waals surface area contributed by atoms with E-state index in [1.54, 1.807) is 17.0 Å². The van der Waals surface area contributed by atoms with Crippen molar-refractivity contribution in [3.8, 4) is 0 Å². The number of nitrogens with zero attached hydrogens (tertiary/aromatic N) is 1. The molecule has 1 saturated heterocycles. The van der Waals surface area contributed by atoms with Crippen LogP contribution >= 0.6 is 11.6 Å². The Morgan fingerprint density at radius 1 is 1.27 bits per heavy atom. The summed E-state index contributed by atoms with van der Waals surface area (Å²) in [5.41, 5.74) is 0.927. The van der Waals surface area contributed by atoms with Crippen molar-refractivity contribution in [2.24, 2.45) is 11.8 Å². The fourth-order valence-electron chi connectivity index (χ4n) is 2.88. The molecule has 0 saturated carbocycles. The summed E-state index contributed by atoms with van der Waals surface area (Å²) in [4.78, 5) is 25.5. The number of halogens is 1. The molecular formula is C17H22ClNO3. The van der Waals surface area contributed by atoms with Gasteiger partial charge in [-0.3, -0.25) is 9.59 Å². The predicted octanol–water partition coefficient (Wildman–Crippen LogP) is 3.40. The van der Waals surface area contributed by atoms with Gasteiger partial charge in [0, 0.05) is 30.5 Å². The Balaban J connectivity index is 2.11. The van der Waals surface area contributed by atoms with Gasteiger partial charge in [-0.15, -0.1) is 0 Å². The van der Waals surface area contributed by atoms with Gasteiger partial charge in [0.05, 0.1) is 5.92 Å². The van der Waals surface area contributed by atoms with Gasteiger partial charge in [0.1, 0.15) is 0 Å². The van der Waals surface area contributed by atoms with E-state index in [1.807, 2.05) is 12.1 Å². The highest BCUT2D eigenvalue weighted by Crippen LogP contribution is 2.34. The third-order valence-electron chi connectivity index (χ3n) is 4.22.